The van der Waals surface area contributed by atoms with Crippen LogP contribution in [0, 0.1) is 16.0 Å². The number of hydrogen-bond donors (Lipinski definition) is 1. The van der Waals surface area contributed by atoms with Crippen molar-refractivity contribution in [3.63, 3.8) is 0 Å². The maximum atomic E-state index is 10.6. The predicted octanol–water partition coefficient (Wildman–Crippen LogP) is 1.86. The molecular weight excluding hydrogens is 240 g/mol. The van der Waals surface area contributed by atoms with E-state index in [1.54, 1.807) is 6.07 Å². The molecule has 0 aromatic carbocycles. The Morgan fingerprint density at radius 3 is 3.12 bits per heavy atom. The lowest BCUT2D eigenvalue weighted by Gasteiger charge is -2.31. The monoisotopic (exact) mass is 256 g/mol. The molecule has 1 aromatic heterocycles. The van der Waals surface area contributed by atoms with Crippen molar-refractivity contribution < 1.29 is 10.0 Å². The Hall–Kier alpha value is -0.980. The van der Waals surface area contributed by atoms with Gasteiger partial charge in [-0.3, -0.25) is 15.0 Å². The van der Waals surface area contributed by atoms with Crippen LogP contribution in [0.1, 0.15) is 18.4 Å². The molecule has 2 rings (SSSR count). The van der Waals surface area contributed by atoms with Gasteiger partial charge in [-0.2, -0.15) is 0 Å². The summed E-state index contributed by atoms with van der Waals surface area (Å²) in [6.07, 6.45) is 2.17. The number of nitro groups is 1. The number of hydrogen-bond acceptors (Lipinski definition) is 5. The lowest BCUT2D eigenvalue weighted by Crippen LogP contribution is -2.36. The second-order valence-electron chi connectivity index (χ2n) is 4.48. The molecule has 0 amide bonds. The molecule has 5 nitrogen and oxygen atoms in total. The second-order valence-corrected chi connectivity index (χ2v) is 5.37. The Bertz CT molecular complexity index is 394. The van der Waals surface area contributed by atoms with Crippen molar-refractivity contribution in [3.8, 4) is 0 Å². The molecule has 0 bridgehead atoms. The van der Waals surface area contributed by atoms with Crippen molar-refractivity contribution >= 4 is 16.3 Å². The van der Waals surface area contributed by atoms with Crippen LogP contribution in [0.15, 0.2) is 11.4 Å². The molecule has 1 aliphatic heterocycles. The van der Waals surface area contributed by atoms with E-state index in [-0.39, 0.29) is 16.5 Å². The van der Waals surface area contributed by atoms with Gasteiger partial charge in [0.05, 0.1) is 4.92 Å². The molecule has 0 aliphatic carbocycles. The molecule has 1 aliphatic rings. The van der Waals surface area contributed by atoms with Gasteiger partial charge < -0.3 is 5.11 Å². The summed E-state index contributed by atoms with van der Waals surface area (Å²) in [7, 11) is 0. The highest BCUT2D eigenvalue weighted by molar-refractivity contribution is 7.13. The van der Waals surface area contributed by atoms with E-state index < -0.39 is 0 Å². The maximum absolute atomic E-state index is 10.6. The van der Waals surface area contributed by atoms with E-state index in [9.17, 15) is 10.1 Å². The first-order valence-electron chi connectivity index (χ1n) is 5.74. The Balaban J connectivity index is 1.93. The number of piperidine rings is 1. The second kappa shape index (κ2) is 5.57. The van der Waals surface area contributed by atoms with Crippen LogP contribution in [0.25, 0.3) is 0 Å². The maximum Gasteiger partial charge on any atom is 0.324 e. The van der Waals surface area contributed by atoms with Gasteiger partial charge in [-0.15, -0.1) is 0 Å². The van der Waals surface area contributed by atoms with Crippen LogP contribution < -0.4 is 0 Å². The predicted molar refractivity (Wildman–Crippen MR) is 66.1 cm³/mol. The topological polar surface area (TPSA) is 66.6 Å². The number of rotatable bonds is 4. The summed E-state index contributed by atoms with van der Waals surface area (Å²) in [4.78, 5) is 12.5. The largest absolute Gasteiger partial charge is 0.396 e. The fourth-order valence-corrected chi connectivity index (χ4v) is 2.96. The van der Waals surface area contributed by atoms with E-state index in [1.165, 1.54) is 11.3 Å². The normalized spacial score (nSPS) is 21.6. The molecule has 1 fully saturated rings. The molecule has 17 heavy (non-hydrogen) atoms. The van der Waals surface area contributed by atoms with E-state index in [0.717, 1.165) is 38.0 Å². The number of nitrogens with zero attached hydrogens (tertiary/aromatic N) is 2. The van der Waals surface area contributed by atoms with Crippen molar-refractivity contribution in [2.24, 2.45) is 5.92 Å². The molecule has 1 aromatic rings. The zero-order chi connectivity index (χ0) is 12.3. The number of thiophene rings is 1. The summed E-state index contributed by atoms with van der Waals surface area (Å²) in [6.45, 7) is 2.89. The van der Waals surface area contributed by atoms with Crippen LogP contribution in [0.4, 0.5) is 5.00 Å². The third-order valence-electron chi connectivity index (χ3n) is 3.09. The quantitative estimate of drug-likeness (QED) is 0.659. The minimum atomic E-state index is -0.346. The molecule has 1 unspecified atom stereocenters. The van der Waals surface area contributed by atoms with Crippen molar-refractivity contribution in [3.05, 3.63) is 27.1 Å². The SMILES string of the molecule is O=[N+]([O-])c1cc(CN2CCCC(CO)C2)cs1. The van der Waals surface area contributed by atoms with E-state index in [1.807, 2.05) is 5.38 Å². The summed E-state index contributed by atoms with van der Waals surface area (Å²) < 4.78 is 0. The lowest BCUT2D eigenvalue weighted by atomic mass is 9.99. The molecule has 0 spiro atoms. The fraction of sp³-hybridized carbons (Fsp3) is 0.636. The van der Waals surface area contributed by atoms with Gasteiger partial charge in [-0.25, -0.2) is 0 Å². The number of aliphatic hydroxyl groups is 1. The summed E-state index contributed by atoms with van der Waals surface area (Å²) in [5.74, 6) is 0.359. The van der Waals surface area contributed by atoms with Gasteiger partial charge in [0.2, 0.25) is 0 Å². The van der Waals surface area contributed by atoms with Gasteiger partial charge in [0.1, 0.15) is 0 Å². The molecule has 1 saturated heterocycles. The Morgan fingerprint density at radius 1 is 1.65 bits per heavy atom. The van der Waals surface area contributed by atoms with Crippen molar-refractivity contribution in [1.82, 2.24) is 4.90 Å². The van der Waals surface area contributed by atoms with E-state index >= 15 is 0 Å². The molecule has 1 N–H and O–H groups in total. The van der Waals surface area contributed by atoms with E-state index in [2.05, 4.69) is 4.90 Å². The minimum absolute atomic E-state index is 0.204. The summed E-state index contributed by atoms with van der Waals surface area (Å²) in [5, 5.41) is 21.8. The summed E-state index contributed by atoms with van der Waals surface area (Å²) in [5.41, 5.74) is 1.00. The highest BCUT2D eigenvalue weighted by Crippen LogP contribution is 2.25. The Morgan fingerprint density at radius 2 is 2.47 bits per heavy atom. The van der Waals surface area contributed by atoms with Gasteiger partial charge in [-0.05, 0) is 30.9 Å². The van der Waals surface area contributed by atoms with Gasteiger partial charge in [0.25, 0.3) is 0 Å². The average molecular weight is 256 g/mol. The van der Waals surface area contributed by atoms with Crippen LogP contribution in [0.5, 0.6) is 0 Å². The standard InChI is InChI=1S/C11H16N2O3S/c14-7-9-2-1-3-12(5-9)6-10-4-11(13(15)16)17-8-10/h4,8-9,14H,1-3,5-7H2. The third kappa shape index (κ3) is 3.24. The first-order valence-corrected chi connectivity index (χ1v) is 6.62. The fourth-order valence-electron chi connectivity index (χ4n) is 2.24. The molecule has 0 saturated carbocycles. The average Bonchev–Trinajstić information content (AvgIpc) is 2.78. The van der Waals surface area contributed by atoms with Gasteiger partial charge in [0.15, 0.2) is 0 Å². The molecule has 2 heterocycles. The van der Waals surface area contributed by atoms with Crippen molar-refractivity contribution in [1.29, 1.82) is 0 Å². The first-order chi connectivity index (χ1) is 8.19. The van der Waals surface area contributed by atoms with Crippen molar-refractivity contribution in [2.45, 2.75) is 19.4 Å². The minimum Gasteiger partial charge on any atom is -0.396 e. The smallest absolute Gasteiger partial charge is 0.324 e. The molecule has 6 heteroatoms. The third-order valence-corrected chi connectivity index (χ3v) is 4.02. The van der Waals surface area contributed by atoms with Gasteiger partial charge in [-0.1, -0.05) is 11.3 Å². The van der Waals surface area contributed by atoms with Crippen LogP contribution in [-0.4, -0.2) is 34.6 Å². The summed E-state index contributed by atoms with van der Waals surface area (Å²) in [6, 6.07) is 1.65. The van der Waals surface area contributed by atoms with Gasteiger partial charge in [0, 0.05) is 31.1 Å². The lowest BCUT2D eigenvalue weighted by molar-refractivity contribution is -0.380. The highest BCUT2D eigenvalue weighted by atomic mass is 32.1. The number of likely N-dealkylation sites (tertiary alicyclic amines) is 1. The Labute approximate surface area is 104 Å². The highest BCUT2D eigenvalue weighted by Gasteiger charge is 2.20. The van der Waals surface area contributed by atoms with E-state index in [4.69, 9.17) is 5.11 Å². The molecule has 94 valence electrons. The first kappa shape index (κ1) is 12.5. The van der Waals surface area contributed by atoms with Crippen LogP contribution in [-0.2, 0) is 6.54 Å². The number of aliphatic hydroxyl groups excluding tert-OH is 1. The molecule has 1 atom stereocenters. The van der Waals surface area contributed by atoms with E-state index in [0.29, 0.717) is 5.92 Å². The zero-order valence-corrected chi connectivity index (χ0v) is 10.4. The van der Waals surface area contributed by atoms with Crippen LogP contribution in [0.3, 0.4) is 0 Å². The van der Waals surface area contributed by atoms with Crippen LogP contribution >= 0.6 is 11.3 Å². The summed E-state index contributed by atoms with van der Waals surface area (Å²) >= 11 is 1.18. The Kier molecular flexibility index (Phi) is 4.09. The molecule has 0 radical (unpaired) electrons. The van der Waals surface area contributed by atoms with Crippen LogP contribution in [0.2, 0.25) is 0 Å². The molecular formula is C11H16N2O3S. The van der Waals surface area contributed by atoms with Crippen molar-refractivity contribution in [2.75, 3.05) is 19.7 Å². The van der Waals surface area contributed by atoms with Gasteiger partial charge >= 0.3 is 5.00 Å². The zero-order valence-electron chi connectivity index (χ0n) is 9.54.